The van der Waals surface area contributed by atoms with Gasteiger partial charge in [0.15, 0.2) is 22.0 Å². The summed E-state index contributed by atoms with van der Waals surface area (Å²) >= 11 is 0. The van der Waals surface area contributed by atoms with E-state index in [1.54, 1.807) is 0 Å². The van der Waals surface area contributed by atoms with Crippen molar-refractivity contribution >= 4 is 33.9 Å². The van der Waals surface area contributed by atoms with Gasteiger partial charge in [-0.2, -0.15) is 0 Å². The zero-order valence-corrected chi connectivity index (χ0v) is 19.3. The van der Waals surface area contributed by atoms with Crippen molar-refractivity contribution in [2.45, 2.75) is 0 Å². The molecule has 0 saturated heterocycles. The van der Waals surface area contributed by atoms with Crippen molar-refractivity contribution < 1.29 is 47.6 Å². The molecule has 2 N–H and O–H groups in total. The van der Waals surface area contributed by atoms with Crippen LogP contribution >= 0.6 is 0 Å². The first-order chi connectivity index (χ1) is 17.2. The summed E-state index contributed by atoms with van der Waals surface area (Å²) in [5.74, 6) is -4.36. The number of fused-ring (bicyclic) bond motifs is 2. The molecular formula is C24H18O12. The number of ether oxygens (including phenoxy) is 4. The van der Waals surface area contributed by atoms with Crippen LogP contribution in [0.25, 0.3) is 33.1 Å². The molecule has 4 aromatic rings. The van der Waals surface area contributed by atoms with E-state index in [0.29, 0.717) is 0 Å². The van der Waals surface area contributed by atoms with Gasteiger partial charge in [0, 0.05) is 24.3 Å². The van der Waals surface area contributed by atoms with Crippen molar-refractivity contribution in [2.75, 3.05) is 28.4 Å². The van der Waals surface area contributed by atoms with E-state index in [-0.39, 0.29) is 56.1 Å². The minimum Gasteiger partial charge on any atom is -0.496 e. The van der Waals surface area contributed by atoms with Crippen LogP contribution < -0.4 is 29.8 Å². The Morgan fingerprint density at radius 3 is 1.22 bits per heavy atom. The topological polar surface area (TPSA) is 172 Å². The maximum Gasteiger partial charge on any atom is 0.371 e. The van der Waals surface area contributed by atoms with Crippen molar-refractivity contribution in [2.24, 2.45) is 0 Å². The molecule has 186 valence electrons. The van der Waals surface area contributed by atoms with Crippen LogP contribution in [0.2, 0.25) is 0 Å². The van der Waals surface area contributed by atoms with Gasteiger partial charge in [-0.15, -0.1) is 0 Å². The third kappa shape index (κ3) is 3.64. The third-order valence-electron chi connectivity index (χ3n) is 5.41. The van der Waals surface area contributed by atoms with Gasteiger partial charge < -0.3 is 38.0 Å². The van der Waals surface area contributed by atoms with Crippen LogP contribution in [0.3, 0.4) is 0 Å². The quantitative estimate of drug-likeness (QED) is 0.382. The lowest BCUT2D eigenvalue weighted by molar-refractivity contribution is 0.0653. The molecule has 0 fully saturated rings. The maximum atomic E-state index is 12.9. The van der Waals surface area contributed by atoms with Gasteiger partial charge >= 0.3 is 11.9 Å². The second kappa shape index (κ2) is 8.98. The zero-order chi connectivity index (χ0) is 26.3. The summed E-state index contributed by atoms with van der Waals surface area (Å²) in [7, 11) is 5.17. The fourth-order valence-electron chi connectivity index (χ4n) is 3.88. The van der Waals surface area contributed by atoms with Gasteiger partial charge in [-0.05, 0) is 0 Å². The normalized spacial score (nSPS) is 10.9. The molecule has 0 amide bonds. The molecule has 0 bridgehead atoms. The number of aromatic carboxylic acids is 2. The number of carboxylic acids is 2. The summed E-state index contributed by atoms with van der Waals surface area (Å²) in [6.45, 7) is 0. The molecule has 2 aromatic carbocycles. The van der Waals surface area contributed by atoms with Crippen molar-refractivity contribution in [3.05, 3.63) is 56.2 Å². The average Bonchev–Trinajstić information content (AvgIpc) is 2.86. The van der Waals surface area contributed by atoms with E-state index in [2.05, 4.69) is 0 Å². The first-order valence-electron chi connectivity index (χ1n) is 10.1. The molecule has 0 unspecified atom stereocenters. The van der Waals surface area contributed by atoms with E-state index in [9.17, 15) is 29.4 Å². The Labute approximate surface area is 200 Å². The number of hydrogen-bond acceptors (Lipinski definition) is 10. The van der Waals surface area contributed by atoms with Crippen LogP contribution in [0, 0.1) is 0 Å². The molecule has 0 radical (unpaired) electrons. The summed E-state index contributed by atoms with van der Waals surface area (Å²) in [6.07, 6.45) is 0. The summed E-state index contributed by atoms with van der Waals surface area (Å²) in [4.78, 5) is 49.2. The molecule has 0 aliphatic carbocycles. The predicted octanol–water partition coefficient (Wildman–Crippen LogP) is 3.00. The second-order valence-corrected chi connectivity index (χ2v) is 7.28. The Kier molecular flexibility index (Phi) is 6.02. The Balaban J connectivity index is 2.37. The first kappa shape index (κ1) is 24.1. The summed E-state index contributed by atoms with van der Waals surface area (Å²) in [5.41, 5.74) is -2.15. The molecule has 2 aromatic heterocycles. The van der Waals surface area contributed by atoms with Crippen LogP contribution in [0.15, 0.2) is 42.7 Å². The van der Waals surface area contributed by atoms with Crippen molar-refractivity contribution in [3.8, 4) is 34.1 Å². The smallest absolute Gasteiger partial charge is 0.371 e. The fourth-order valence-corrected chi connectivity index (χ4v) is 3.88. The highest BCUT2D eigenvalue weighted by atomic mass is 16.5. The van der Waals surface area contributed by atoms with E-state index in [0.717, 1.165) is 12.1 Å². The Bertz CT molecular complexity index is 1550. The molecular weight excluding hydrogens is 480 g/mol. The fraction of sp³-hybridized carbons (Fsp3) is 0.167. The van der Waals surface area contributed by atoms with Crippen LogP contribution in [-0.4, -0.2) is 50.6 Å². The molecule has 0 spiro atoms. The van der Waals surface area contributed by atoms with Crippen molar-refractivity contribution in [1.29, 1.82) is 0 Å². The Morgan fingerprint density at radius 1 is 0.611 bits per heavy atom. The number of carboxylic acid groups (broad SMARTS) is 2. The van der Waals surface area contributed by atoms with Gasteiger partial charge in [-0.1, -0.05) is 0 Å². The Morgan fingerprint density at radius 2 is 0.944 bits per heavy atom. The molecule has 0 atom stereocenters. The summed E-state index contributed by atoms with van der Waals surface area (Å²) in [6, 6.07) is 4.28. The molecule has 0 saturated carbocycles. The van der Waals surface area contributed by atoms with E-state index in [1.165, 1.54) is 40.6 Å². The summed E-state index contributed by atoms with van der Waals surface area (Å²) in [5, 5.41) is 18.7. The number of hydrogen-bond donors (Lipinski definition) is 2. The van der Waals surface area contributed by atoms with E-state index in [1.807, 2.05) is 0 Å². The molecule has 12 nitrogen and oxygen atoms in total. The largest absolute Gasteiger partial charge is 0.496 e. The molecule has 4 rings (SSSR count). The van der Waals surface area contributed by atoms with Crippen molar-refractivity contribution in [3.63, 3.8) is 0 Å². The van der Waals surface area contributed by atoms with Gasteiger partial charge in [0.1, 0.15) is 33.8 Å². The highest BCUT2D eigenvalue weighted by Gasteiger charge is 2.29. The predicted molar refractivity (Wildman–Crippen MR) is 124 cm³/mol. The Hall–Kier alpha value is -5.00. The number of benzene rings is 2. The highest BCUT2D eigenvalue weighted by Crippen LogP contribution is 2.49. The van der Waals surface area contributed by atoms with Gasteiger partial charge in [0.25, 0.3) is 0 Å². The van der Waals surface area contributed by atoms with Crippen LogP contribution in [-0.2, 0) is 0 Å². The van der Waals surface area contributed by atoms with Gasteiger partial charge in [0.2, 0.25) is 11.5 Å². The number of carbonyl (C=O) groups is 2. The lowest BCUT2D eigenvalue weighted by atomic mass is 9.96. The summed E-state index contributed by atoms with van der Waals surface area (Å²) < 4.78 is 32.8. The maximum absolute atomic E-state index is 12.9. The molecule has 0 aliphatic rings. The van der Waals surface area contributed by atoms with Gasteiger partial charge in [-0.3, -0.25) is 9.59 Å². The van der Waals surface area contributed by atoms with Gasteiger partial charge in [0.05, 0.1) is 39.6 Å². The lowest BCUT2D eigenvalue weighted by Crippen LogP contribution is -2.10. The average molecular weight is 498 g/mol. The van der Waals surface area contributed by atoms with E-state index in [4.69, 9.17) is 27.8 Å². The first-order valence-corrected chi connectivity index (χ1v) is 10.1. The van der Waals surface area contributed by atoms with Crippen LogP contribution in [0.1, 0.15) is 21.1 Å². The third-order valence-corrected chi connectivity index (χ3v) is 5.41. The van der Waals surface area contributed by atoms with Crippen molar-refractivity contribution in [1.82, 2.24) is 0 Å². The molecule has 2 heterocycles. The molecule has 36 heavy (non-hydrogen) atoms. The minimum atomic E-state index is -1.52. The number of methoxy groups -OCH3 is 4. The SMILES string of the molecule is COc1cc(OC)c2c(=O)cc(C(=O)O)oc2c1-c1c(OC)cc(OC)c2c(=O)cc(C(=O)O)oc12. The van der Waals surface area contributed by atoms with Crippen LogP contribution in [0.4, 0.5) is 0 Å². The lowest BCUT2D eigenvalue weighted by Gasteiger charge is -2.18. The van der Waals surface area contributed by atoms with Crippen LogP contribution in [0.5, 0.6) is 23.0 Å². The molecule has 12 heteroatoms. The zero-order valence-electron chi connectivity index (χ0n) is 19.3. The van der Waals surface area contributed by atoms with Gasteiger partial charge in [-0.25, -0.2) is 9.59 Å². The number of rotatable bonds is 7. The van der Waals surface area contributed by atoms with E-state index >= 15 is 0 Å². The van der Waals surface area contributed by atoms with E-state index < -0.39 is 34.3 Å². The highest BCUT2D eigenvalue weighted by molar-refractivity contribution is 6.09. The minimum absolute atomic E-state index is 0.0122. The molecule has 0 aliphatic heterocycles. The monoisotopic (exact) mass is 498 g/mol. The second-order valence-electron chi connectivity index (χ2n) is 7.28. The standard InChI is InChI=1S/C24H18O12/c1-31-11-7-13(33-3)19(21-17(11)9(25)5-15(35-21)23(27)28)20-14(34-4)8-12(32-2)18-10(26)6-16(24(29)30)36-22(18)20/h5-8H,1-4H3,(H,27,28)(H,29,30).